The van der Waals surface area contributed by atoms with E-state index in [-0.39, 0.29) is 12.1 Å². The smallest absolute Gasteiger partial charge is 0.319 e. The molecule has 2 amide bonds. The molecule has 20 heavy (non-hydrogen) atoms. The lowest BCUT2D eigenvalue weighted by Gasteiger charge is -2.37. The van der Waals surface area contributed by atoms with E-state index in [2.05, 4.69) is 34.6 Å². The summed E-state index contributed by atoms with van der Waals surface area (Å²) in [6.07, 6.45) is 0.152. The monoisotopic (exact) mass is 300 g/mol. The van der Waals surface area contributed by atoms with Crippen LogP contribution in [0.1, 0.15) is 34.6 Å². The van der Waals surface area contributed by atoms with Crippen molar-refractivity contribution in [2.45, 2.75) is 57.3 Å². The summed E-state index contributed by atoms with van der Waals surface area (Å²) in [6, 6.07) is 0.0921. The van der Waals surface area contributed by atoms with Gasteiger partial charge in [-0.1, -0.05) is 45.7 Å². The summed E-state index contributed by atoms with van der Waals surface area (Å²) in [5.74, 6) is 0. The summed E-state index contributed by atoms with van der Waals surface area (Å²) < 4.78 is 6.11. The Balaban J connectivity index is 2.48. The van der Waals surface area contributed by atoms with Crippen LogP contribution in [0.3, 0.4) is 0 Å². The lowest BCUT2D eigenvalue weighted by Crippen LogP contribution is -2.53. The van der Waals surface area contributed by atoms with Crippen molar-refractivity contribution in [1.29, 1.82) is 0 Å². The molecule has 0 aromatic carbocycles. The van der Waals surface area contributed by atoms with Crippen molar-refractivity contribution in [3.8, 4) is 0 Å². The highest BCUT2D eigenvalue weighted by Crippen LogP contribution is 2.30. The van der Waals surface area contributed by atoms with E-state index in [0.717, 1.165) is 17.7 Å². The van der Waals surface area contributed by atoms with E-state index in [1.165, 1.54) is 0 Å². The normalized spacial score (nSPS) is 19.6. The van der Waals surface area contributed by atoms with E-state index >= 15 is 0 Å². The Morgan fingerprint density at radius 3 is 1.95 bits per heavy atom. The van der Waals surface area contributed by atoms with E-state index in [0.29, 0.717) is 18.6 Å². The molecule has 1 saturated heterocycles. The number of urea groups is 1. The first-order chi connectivity index (χ1) is 9.23. The third kappa shape index (κ3) is 4.48. The van der Waals surface area contributed by atoms with Crippen molar-refractivity contribution in [1.82, 2.24) is 9.80 Å². The summed E-state index contributed by atoms with van der Waals surface area (Å²) in [4.78, 5) is 15.2. The number of carbonyl (C=O) groups is 1. The van der Waals surface area contributed by atoms with Crippen LogP contribution in [0.2, 0.25) is 16.6 Å². The molecule has 0 saturated carbocycles. The average molecular weight is 301 g/mol. The second-order valence-electron chi connectivity index (χ2n) is 7.04. The minimum Gasteiger partial charge on any atom is -0.375 e. The van der Waals surface area contributed by atoms with Gasteiger partial charge in [-0.15, -0.1) is 0 Å². The van der Waals surface area contributed by atoms with Crippen LogP contribution >= 0.6 is 0 Å². The van der Waals surface area contributed by atoms with Gasteiger partial charge < -0.3 is 14.5 Å². The lowest BCUT2D eigenvalue weighted by molar-refractivity contribution is 0.0000932. The molecule has 0 aromatic heterocycles. The zero-order valence-electron chi connectivity index (χ0n) is 14.2. The van der Waals surface area contributed by atoms with Gasteiger partial charge in [-0.25, -0.2) is 4.79 Å². The molecule has 0 aromatic rings. The van der Waals surface area contributed by atoms with E-state index in [1.54, 1.807) is 9.80 Å². The molecule has 1 aliphatic heterocycles. The van der Waals surface area contributed by atoms with Crippen molar-refractivity contribution < 1.29 is 9.53 Å². The summed E-state index contributed by atoms with van der Waals surface area (Å²) in [6.45, 7) is 14.0. The zero-order chi connectivity index (χ0) is 15.4. The van der Waals surface area contributed by atoms with Gasteiger partial charge in [0.15, 0.2) is 0 Å². The summed E-state index contributed by atoms with van der Waals surface area (Å²) >= 11 is 0. The highest BCUT2D eigenvalue weighted by atomic mass is 28.3. The number of ether oxygens (including phenoxy) is 1. The van der Waals surface area contributed by atoms with E-state index in [1.807, 2.05) is 14.1 Å². The molecule has 1 fully saturated rings. The molecular weight excluding hydrogens is 268 g/mol. The summed E-state index contributed by atoms with van der Waals surface area (Å²) in [5.41, 5.74) is 2.31. The van der Waals surface area contributed by atoms with Gasteiger partial charge in [-0.05, 0) is 5.54 Å². The van der Waals surface area contributed by atoms with Gasteiger partial charge in [0.05, 0.1) is 19.2 Å². The standard InChI is InChI=1S/C15H32N2O2Si/c1-11(2)20(12(3)4)13(5)10-19-14-8-16(6)15(18)17(7)9-14/h11-14,20H,8-10H2,1-7H3. The van der Waals surface area contributed by atoms with E-state index in [4.69, 9.17) is 4.74 Å². The van der Waals surface area contributed by atoms with Crippen molar-refractivity contribution in [2.24, 2.45) is 0 Å². The second kappa shape index (κ2) is 7.45. The highest BCUT2D eigenvalue weighted by molar-refractivity contribution is 6.63. The topological polar surface area (TPSA) is 32.8 Å². The van der Waals surface area contributed by atoms with Gasteiger partial charge >= 0.3 is 6.03 Å². The molecule has 1 rings (SSSR count). The van der Waals surface area contributed by atoms with Crippen LogP contribution in [0.15, 0.2) is 0 Å². The Labute approximate surface area is 126 Å². The van der Waals surface area contributed by atoms with Crippen molar-refractivity contribution in [2.75, 3.05) is 33.8 Å². The first-order valence-electron chi connectivity index (χ1n) is 7.81. The molecular formula is C15H32N2O2Si. The fourth-order valence-electron chi connectivity index (χ4n) is 3.70. The molecule has 5 heteroatoms. The third-order valence-electron chi connectivity index (χ3n) is 4.40. The zero-order valence-corrected chi connectivity index (χ0v) is 15.4. The maximum absolute atomic E-state index is 11.7. The predicted molar refractivity (Wildman–Crippen MR) is 87.2 cm³/mol. The summed E-state index contributed by atoms with van der Waals surface area (Å²) in [5, 5.41) is 0. The third-order valence-corrected chi connectivity index (χ3v) is 8.99. The summed E-state index contributed by atoms with van der Waals surface area (Å²) in [7, 11) is 2.88. The van der Waals surface area contributed by atoms with Crippen LogP contribution in [0.5, 0.6) is 0 Å². The Kier molecular flexibility index (Phi) is 6.52. The van der Waals surface area contributed by atoms with Gasteiger partial charge in [0.25, 0.3) is 0 Å². The molecule has 4 nitrogen and oxygen atoms in total. The molecule has 1 aliphatic rings. The van der Waals surface area contributed by atoms with E-state index in [9.17, 15) is 4.79 Å². The quantitative estimate of drug-likeness (QED) is 0.707. The minimum absolute atomic E-state index is 0.0921. The second-order valence-corrected chi connectivity index (χ2v) is 12.0. The Morgan fingerprint density at radius 2 is 1.55 bits per heavy atom. The Hall–Kier alpha value is -0.553. The predicted octanol–water partition coefficient (Wildman–Crippen LogP) is 2.81. The number of amides is 2. The Morgan fingerprint density at radius 1 is 1.10 bits per heavy atom. The van der Waals surface area contributed by atoms with Gasteiger partial charge in [0.1, 0.15) is 0 Å². The maximum atomic E-state index is 11.7. The van der Waals surface area contributed by atoms with Crippen LogP contribution in [0, 0.1) is 0 Å². The Bertz CT molecular complexity index is 301. The number of hydrogen-bond donors (Lipinski definition) is 0. The van der Waals surface area contributed by atoms with Gasteiger partial charge in [-0.2, -0.15) is 0 Å². The molecule has 0 bridgehead atoms. The SMILES string of the molecule is CC(C)[SiH](C(C)C)C(C)COC1CN(C)C(=O)N(C)C1. The average Bonchev–Trinajstić information content (AvgIpc) is 2.32. The first-order valence-corrected chi connectivity index (χ1v) is 9.81. The number of likely N-dealkylation sites (N-methyl/N-ethyl adjacent to an activating group) is 2. The van der Waals surface area contributed by atoms with Crippen LogP contribution < -0.4 is 0 Å². The maximum Gasteiger partial charge on any atom is 0.319 e. The highest BCUT2D eigenvalue weighted by Gasteiger charge is 2.30. The molecule has 0 radical (unpaired) electrons. The van der Waals surface area contributed by atoms with E-state index < -0.39 is 8.80 Å². The molecule has 1 atom stereocenters. The fourth-order valence-corrected chi connectivity index (χ4v) is 8.21. The van der Waals surface area contributed by atoms with Crippen LogP contribution in [-0.4, -0.2) is 64.5 Å². The van der Waals surface area contributed by atoms with Crippen LogP contribution in [-0.2, 0) is 4.74 Å². The van der Waals surface area contributed by atoms with Gasteiger partial charge in [0, 0.05) is 29.5 Å². The number of rotatable bonds is 6. The van der Waals surface area contributed by atoms with Crippen LogP contribution in [0.4, 0.5) is 4.79 Å². The molecule has 0 spiro atoms. The number of nitrogens with zero attached hydrogens (tertiary/aromatic N) is 2. The van der Waals surface area contributed by atoms with Crippen molar-refractivity contribution in [3.05, 3.63) is 0 Å². The van der Waals surface area contributed by atoms with Gasteiger partial charge in [0.2, 0.25) is 0 Å². The van der Waals surface area contributed by atoms with Crippen molar-refractivity contribution >= 4 is 14.8 Å². The number of carbonyl (C=O) groups excluding carboxylic acids is 1. The van der Waals surface area contributed by atoms with Crippen molar-refractivity contribution in [3.63, 3.8) is 0 Å². The van der Waals surface area contributed by atoms with Gasteiger partial charge in [-0.3, -0.25) is 0 Å². The fraction of sp³-hybridized carbons (Fsp3) is 0.933. The largest absolute Gasteiger partial charge is 0.375 e. The molecule has 0 N–H and O–H groups in total. The molecule has 1 heterocycles. The van der Waals surface area contributed by atoms with Crippen LogP contribution in [0.25, 0.3) is 0 Å². The number of hydrogen-bond acceptors (Lipinski definition) is 2. The lowest BCUT2D eigenvalue weighted by atomic mass is 10.2. The first kappa shape index (κ1) is 17.5. The molecule has 1 unspecified atom stereocenters. The molecule has 118 valence electrons. The molecule has 0 aliphatic carbocycles. The minimum atomic E-state index is -0.809.